The fourth-order valence-electron chi connectivity index (χ4n) is 5.67. The van der Waals surface area contributed by atoms with Gasteiger partial charge in [-0.3, -0.25) is 14.4 Å². The number of pyridine rings is 1. The molecule has 3 heterocycles. The Labute approximate surface area is 193 Å². The number of hydrogen-bond acceptors (Lipinski definition) is 5. The molecule has 0 spiro atoms. The third-order valence-corrected chi connectivity index (χ3v) is 7.49. The molecule has 2 aliphatic heterocycles. The summed E-state index contributed by atoms with van der Waals surface area (Å²) in [5.74, 6) is -3.59. The lowest BCUT2D eigenvalue weighted by Crippen LogP contribution is -2.61. The first kappa shape index (κ1) is 21.3. The summed E-state index contributed by atoms with van der Waals surface area (Å²) in [6.07, 6.45) is 5.07. The van der Waals surface area contributed by atoms with Crippen LogP contribution < -0.4 is 10.7 Å². The average Bonchev–Trinajstić information content (AvgIpc) is 3.55. The van der Waals surface area contributed by atoms with Crippen LogP contribution in [0.4, 0.5) is 8.78 Å². The number of hydrogen-bond donors (Lipinski definition) is 2. The third-order valence-electron chi connectivity index (χ3n) is 7.49. The van der Waals surface area contributed by atoms with Crippen molar-refractivity contribution in [1.29, 1.82) is 0 Å². The monoisotopic (exact) mass is 471 g/mol. The van der Waals surface area contributed by atoms with Crippen molar-refractivity contribution in [1.82, 2.24) is 14.8 Å². The number of aromatic nitrogens is 1. The van der Waals surface area contributed by atoms with E-state index in [1.54, 1.807) is 4.90 Å². The Bertz CT molecular complexity index is 1290. The minimum atomic E-state index is -1.05. The second-order valence-corrected chi connectivity index (χ2v) is 9.63. The van der Waals surface area contributed by atoms with Crippen molar-refractivity contribution >= 4 is 11.8 Å². The number of carbonyl (C=O) groups is 2. The predicted octanol–water partition coefficient (Wildman–Crippen LogP) is 2.37. The van der Waals surface area contributed by atoms with Gasteiger partial charge < -0.3 is 24.6 Å². The van der Waals surface area contributed by atoms with Crippen LogP contribution in [0.1, 0.15) is 64.9 Å². The van der Waals surface area contributed by atoms with Crippen LogP contribution in [0.5, 0.6) is 5.75 Å². The largest absolute Gasteiger partial charge is 0.503 e. The second-order valence-electron chi connectivity index (χ2n) is 9.63. The smallest absolute Gasteiger partial charge is 0.276 e. The summed E-state index contributed by atoms with van der Waals surface area (Å²) in [5.41, 5.74) is -2.39. The zero-order chi connectivity index (χ0) is 23.8. The van der Waals surface area contributed by atoms with Crippen molar-refractivity contribution in [3.63, 3.8) is 0 Å². The molecule has 34 heavy (non-hydrogen) atoms. The van der Waals surface area contributed by atoms with Crippen LogP contribution in [-0.2, 0) is 16.8 Å². The summed E-state index contributed by atoms with van der Waals surface area (Å²) in [5, 5.41) is 13.3. The molecule has 3 unspecified atom stereocenters. The Morgan fingerprint density at radius 1 is 1.21 bits per heavy atom. The quantitative estimate of drug-likeness (QED) is 0.716. The summed E-state index contributed by atoms with van der Waals surface area (Å²) < 4.78 is 35.2. The molecule has 2 N–H and O–H groups in total. The standard InChI is InChI=1S/C24H23F2N3O5/c25-12-4-5-16(17(26)8-12)24(6-7-24)27-22(32)15-10-28-11-18-29(13-2-1-3-14(9-13)34-18)23(33)19(28)21(31)20(15)30/h4-5,8,10,13-14,18,31H,1-3,6-7,9,11H2,(H,27,32). The van der Waals surface area contributed by atoms with E-state index in [1.165, 1.54) is 16.8 Å². The number of benzene rings is 1. The van der Waals surface area contributed by atoms with Gasteiger partial charge in [0, 0.05) is 23.9 Å². The van der Waals surface area contributed by atoms with Gasteiger partial charge in [0.05, 0.1) is 18.2 Å². The first-order valence-corrected chi connectivity index (χ1v) is 11.5. The summed E-state index contributed by atoms with van der Waals surface area (Å²) in [7, 11) is 0. The van der Waals surface area contributed by atoms with E-state index in [-0.39, 0.29) is 35.5 Å². The average molecular weight is 471 g/mol. The molecule has 2 aromatic rings. The summed E-state index contributed by atoms with van der Waals surface area (Å²) >= 11 is 0. The molecule has 6 rings (SSSR count). The first-order valence-electron chi connectivity index (χ1n) is 11.5. The van der Waals surface area contributed by atoms with Crippen molar-refractivity contribution < 1.29 is 28.2 Å². The first-order chi connectivity index (χ1) is 16.3. The molecule has 8 nitrogen and oxygen atoms in total. The maximum absolute atomic E-state index is 14.4. The summed E-state index contributed by atoms with van der Waals surface area (Å²) in [4.78, 5) is 40.8. The maximum atomic E-state index is 14.4. The van der Waals surface area contributed by atoms with Crippen LogP contribution >= 0.6 is 0 Å². The van der Waals surface area contributed by atoms with E-state index in [0.717, 1.165) is 37.8 Å². The number of fused-ring (bicyclic) bond motifs is 5. The second kappa shape index (κ2) is 7.36. The number of nitrogens with zero attached hydrogens (tertiary/aromatic N) is 2. The van der Waals surface area contributed by atoms with Gasteiger partial charge in [0.2, 0.25) is 5.43 Å². The highest BCUT2D eigenvalue weighted by Gasteiger charge is 2.49. The van der Waals surface area contributed by atoms with Gasteiger partial charge in [0.15, 0.2) is 17.7 Å². The Balaban J connectivity index is 1.33. The predicted molar refractivity (Wildman–Crippen MR) is 114 cm³/mol. The number of amides is 2. The molecular formula is C24H23F2N3O5. The number of rotatable bonds is 3. The molecule has 1 aromatic heterocycles. The van der Waals surface area contributed by atoms with E-state index in [9.17, 15) is 28.3 Å². The van der Waals surface area contributed by atoms with Crippen LogP contribution in [0.15, 0.2) is 29.2 Å². The van der Waals surface area contributed by atoms with E-state index >= 15 is 0 Å². The van der Waals surface area contributed by atoms with Crippen LogP contribution in [0, 0.1) is 11.6 Å². The van der Waals surface area contributed by atoms with E-state index in [2.05, 4.69) is 5.32 Å². The molecule has 10 heteroatoms. The van der Waals surface area contributed by atoms with Gasteiger partial charge in [-0.25, -0.2) is 8.78 Å². The minimum Gasteiger partial charge on any atom is -0.503 e. The molecule has 4 aliphatic rings. The van der Waals surface area contributed by atoms with Crippen LogP contribution in [0.3, 0.4) is 0 Å². The van der Waals surface area contributed by atoms with Crippen molar-refractivity contribution in [3.8, 4) is 5.75 Å². The van der Waals surface area contributed by atoms with Crippen molar-refractivity contribution in [3.05, 3.63) is 63.1 Å². The Kier molecular flexibility index (Phi) is 4.61. The normalized spacial score (nSPS) is 26.5. The molecule has 2 bridgehead atoms. The molecular weight excluding hydrogens is 448 g/mol. The Morgan fingerprint density at radius 3 is 2.74 bits per heavy atom. The number of halogens is 2. The molecule has 1 saturated heterocycles. The Morgan fingerprint density at radius 2 is 2.00 bits per heavy atom. The van der Waals surface area contributed by atoms with Gasteiger partial charge in [-0.15, -0.1) is 0 Å². The molecule has 3 fully saturated rings. The number of nitrogens with one attached hydrogen (secondary N) is 1. The zero-order valence-electron chi connectivity index (χ0n) is 18.2. The van der Waals surface area contributed by atoms with Crippen molar-refractivity contribution in [2.24, 2.45) is 0 Å². The van der Waals surface area contributed by atoms with E-state index < -0.39 is 46.4 Å². The van der Waals surface area contributed by atoms with Crippen LogP contribution in [0.25, 0.3) is 0 Å². The van der Waals surface area contributed by atoms with Gasteiger partial charge in [0.1, 0.15) is 17.2 Å². The Hall–Kier alpha value is -3.27. The van der Waals surface area contributed by atoms with Gasteiger partial charge in [0.25, 0.3) is 11.8 Å². The fraction of sp³-hybridized carbons (Fsp3) is 0.458. The lowest BCUT2D eigenvalue weighted by Gasteiger charge is -2.50. The third kappa shape index (κ3) is 3.15. The fourth-order valence-corrected chi connectivity index (χ4v) is 5.67. The van der Waals surface area contributed by atoms with Gasteiger partial charge in [-0.1, -0.05) is 6.07 Å². The number of ether oxygens (including phenoxy) is 1. The number of aromatic hydroxyl groups is 1. The molecule has 2 aliphatic carbocycles. The molecule has 2 amide bonds. The van der Waals surface area contributed by atoms with Crippen molar-refractivity contribution in [2.75, 3.05) is 0 Å². The van der Waals surface area contributed by atoms with Gasteiger partial charge in [-0.05, 0) is 44.6 Å². The molecule has 2 saturated carbocycles. The highest BCUT2D eigenvalue weighted by atomic mass is 19.1. The molecule has 0 radical (unpaired) electrons. The topological polar surface area (TPSA) is 101 Å². The molecule has 178 valence electrons. The van der Waals surface area contributed by atoms with Crippen molar-refractivity contribution in [2.45, 2.75) is 69.0 Å². The maximum Gasteiger partial charge on any atom is 0.276 e. The van der Waals surface area contributed by atoms with Gasteiger partial charge >= 0.3 is 0 Å². The highest BCUT2D eigenvalue weighted by molar-refractivity contribution is 5.99. The van der Waals surface area contributed by atoms with E-state index in [0.29, 0.717) is 12.8 Å². The number of carbonyl (C=O) groups excluding carboxylic acids is 2. The lowest BCUT2D eigenvalue weighted by atomic mass is 9.89. The van der Waals surface area contributed by atoms with Gasteiger partial charge in [-0.2, -0.15) is 0 Å². The van der Waals surface area contributed by atoms with Crippen LogP contribution in [-0.4, -0.2) is 44.8 Å². The van der Waals surface area contributed by atoms with E-state index in [1.807, 2.05) is 0 Å². The van der Waals surface area contributed by atoms with Crippen LogP contribution in [0.2, 0.25) is 0 Å². The molecule has 3 atom stereocenters. The van der Waals surface area contributed by atoms with E-state index in [4.69, 9.17) is 4.74 Å². The molecule has 1 aromatic carbocycles. The minimum absolute atomic E-state index is 0.00319. The summed E-state index contributed by atoms with van der Waals surface area (Å²) in [6, 6.07) is 3.13. The summed E-state index contributed by atoms with van der Waals surface area (Å²) in [6.45, 7) is 0.180. The zero-order valence-corrected chi connectivity index (χ0v) is 18.2. The highest BCUT2D eigenvalue weighted by Crippen LogP contribution is 2.46. The lowest BCUT2D eigenvalue weighted by molar-refractivity contribution is -0.170. The SMILES string of the molecule is O=C(NC1(c2ccc(F)cc2F)CC1)c1cn2c(c(O)c1=O)C(=O)N1C3CCCC(C3)OC1C2.